The summed E-state index contributed by atoms with van der Waals surface area (Å²) < 4.78 is 0. The minimum atomic E-state index is 0.704. The molecule has 22 heavy (non-hydrogen) atoms. The maximum atomic E-state index is 4.59. The van der Waals surface area contributed by atoms with E-state index in [0.29, 0.717) is 6.54 Å². The van der Waals surface area contributed by atoms with Gasteiger partial charge in [0.2, 0.25) is 0 Å². The first kappa shape index (κ1) is 12.6. The standard InChI is InChI=1S/C16H14N6/c1-2-4-13-12(3-1)20-16(21-13)15-14(10-19-22-15)18-9-11-5-7-17-8-6-11/h1-8,10,18H,9H2,(H,19,22)(H,20,21). The molecule has 0 aliphatic carbocycles. The van der Waals surface area contributed by atoms with Crippen molar-refractivity contribution < 1.29 is 0 Å². The zero-order valence-corrected chi connectivity index (χ0v) is 11.7. The summed E-state index contributed by atoms with van der Waals surface area (Å²) in [6.45, 7) is 0.704. The molecule has 4 aromatic rings. The smallest absolute Gasteiger partial charge is 0.158 e. The Bertz CT molecular complexity index is 860. The van der Waals surface area contributed by atoms with E-state index in [-0.39, 0.29) is 0 Å². The van der Waals surface area contributed by atoms with Crippen LogP contribution in [0.3, 0.4) is 0 Å². The molecule has 3 heterocycles. The first-order valence-electron chi connectivity index (χ1n) is 7.01. The van der Waals surface area contributed by atoms with E-state index in [1.807, 2.05) is 36.4 Å². The van der Waals surface area contributed by atoms with Crippen LogP contribution in [0.1, 0.15) is 5.56 Å². The summed E-state index contributed by atoms with van der Waals surface area (Å²) >= 11 is 0. The van der Waals surface area contributed by atoms with E-state index in [1.165, 1.54) is 0 Å². The maximum absolute atomic E-state index is 4.59. The van der Waals surface area contributed by atoms with Crippen LogP contribution in [0.5, 0.6) is 0 Å². The van der Waals surface area contributed by atoms with E-state index in [4.69, 9.17) is 0 Å². The number of nitrogens with zero attached hydrogens (tertiary/aromatic N) is 3. The van der Waals surface area contributed by atoms with Crippen molar-refractivity contribution in [1.82, 2.24) is 25.1 Å². The van der Waals surface area contributed by atoms with E-state index in [1.54, 1.807) is 18.6 Å². The number of rotatable bonds is 4. The quantitative estimate of drug-likeness (QED) is 0.539. The fourth-order valence-electron chi connectivity index (χ4n) is 2.37. The van der Waals surface area contributed by atoms with Gasteiger partial charge in [0.15, 0.2) is 5.82 Å². The van der Waals surface area contributed by atoms with Crippen molar-refractivity contribution in [2.24, 2.45) is 0 Å². The summed E-state index contributed by atoms with van der Waals surface area (Å²) in [6, 6.07) is 11.9. The van der Waals surface area contributed by atoms with Crippen molar-refractivity contribution >= 4 is 16.7 Å². The molecular weight excluding hydrogens is 276 g/mol. The van der Waals surface area contributed by atoms with E-state index < -0.39 is 0 Å². The van der Waals surface area contributed by atoms with Crippen molar-refractivity contribution in [2.75, 3.05) is 5.32 Å². The van der Waals surface area contributed by atoms with Crippen LogP contribution in [0.2, 0.25) is 0 Å². The third-order valence-corrected chi connectivity index (χ3v) is 3.50. The largest absolute Gasteiger partial charge is 0.378 e. The van der Waals surface area contributed by atoms with Gasteiger partial charge in [0.05, 0.1) is 22.9 Å². The molecule has 0 atom stereocenters. The number of aromatic nitrogens is 5. The number of imidazole rings is 1. The van der Waals surface area contributed by atoms with Gasteiger partial charge < -0.3 is 10.3 Å². The van der Waals surface area contributed by atoms with Crippen molar-refractivity contribution in [1.29, 1.82) is 0 Å². The summed E-state index contributed by atoms with van der Waals surface area (Å²) in [6.07, 6.45) is 5.34. The van der Waals surface area contributed by atoms with Gasteiger partial charge in [-0.25, -0.2) is 4.98 Å². The highest BCUT2D eigenvalue weighted by Crippen LogP contribution is 2.25. The van der Waals surface area contributed by atoms with Crippen LogP contribution < -0.4 is 5.32 Å². The second-order valence-corrected chi connectivity index (χ2v) is 4.97. The molecule has 3 N–H and O–H groups in total. The highest BCUT2D eigenvalue weighted by molar-refractivity contribution is 5.81. The van der Waals surface area contributed by atoms with Gasteiger partial charge in [-0.1, -0.05) is 12.1 Å². The topological polar surface area (TPSA) is 82.3 Å². The Hall–Kier alpha value is -3.15. The van der Waals surface area contributed by atoms with Gasteiger partial charge in [0, 0.05) is 18.9 Å². The molecule has 4 rings (SSSR count). The molecule has 0 saturated heterocycles. The molecule has 0 unspecified atom stereocenters. The molecule has 0 bridgehead atoms. The molecule has 0 fully saturated rings. The van der Waals surface area contributed by atoms with E-state index >= 15 is 0 Å². The Labute approximate surface area is 126 Å². The summed E-state index contributed by atoms with van der Waals surface area (Å²) in [4.78, 5) is 11.9. The molecule has 6 heteroatoms. The SMILES string of the molecule is c1ccc2[nH]c(-c3[nH]ncc3NCc3ccncc3)nc2c1. The van der Waals surface area contributed by atoms with Gasteiger partial charge in [-0.05, 0) is 29.8 Å². The van der Waals surface area contributed by atoms with Crippen LogP contribution >= 0.6 is 0 Å². The van der Waals surface area contributed by atoms with Gasteiger partial charge in [0.1, 0.15) is 5.69 Å². The van der Waals surface area contributed by atoms with Crippen molar-refractivity contribution in [3.05, 3.63) is 60.6 Å². The lowest BCUT2D eigenvalue weighted by atomic mass is 10.2. The Kier molecular flexibility index (Phi) is 3.05. The second kappa shape index (κ2) is 5.33. The summed E-state index contributed by atoms with van der Waals surface area (Å²) in [7, 11) is 0. The Morgan fingerprint density at radius 2 is 1.91 bits per heavy atom. The van der Waals surface area contributed by atoms with Gasteiger partial charge in [0.25, 0.3) is 0 Å². The Morgan fingerprint density at radius 1 is 1.05 bits per heavy atom. The van der Waals surface area contributed by atoms with Crippen molar-refractivity contribution in [3.63, 3.8) is 0 Å². The monoisotopic (exact) mass is 290 g/mol. The maximum Gasteiger partial charge on any atom is 0.158 e. The number of anilines is 1. The minimum Gasteiger partial charge on any atom is -0.378 e. The van der Waals surface area contributed by atoms with Crippen LogP contribution in [0, 0.1) is 0 Å². The van der Waals surface area contributed by atoms with Gasteiger partial charge >= 0.3 is 0 Å². The van der Waals surface area contributed by atoms with Gasteiger partial charge in [-0.2, -0.15) is 5.10 Å². The molecule has 0 spiro atoms. The molecule has 3 aromatic heterocycles. The van der Waals surface area contributed by atoms with Crippen LogP contribution in [0.4, 0.5) is 5.69 Å². The fourth-order valence-corrected chi connectivity index (χ4v) is 2.37. The lowest BCUT2D eigenvalue weighted by molar-refractivity contribution is 1.08. The molecule has 0 amide bonds. The molecule has 1 aromatic carbocycles. The van der Waals surface area contributed by atoms with E-state index in [0.717, 1.165) is 33.8 Å². The fraction of sp³-hybridized carbons (Fsp3) is 0.0625. The number of pyridine rings is 1. The molecule has 0 radical (unpaired) electrons. The number of hydrogen-bond acceptors (Lipinski definition) is 4. The van der Waals surface area contributed by atoms with Crippen LogP contribution in [0.25, 0.3) is 22.6 Å². The predicted octanol–water partition coefficient (Wildman–Crippen LogP) is 2.96. The number of aromatic amines is 2. The highest BCUT2D eigenvalue weighted by Gasteiger charge is 2.11. The van der Waals surface area contributed by atoms with Crippen LogP contribution in [0.15, 0.2) is 55.0 Å². The summed E-state index contributed by atoms with van der Waals surface area (Å²) in [5, 5.41) is 10.5. The zero-order valence-electron chi connectivity index (χ0n) is 11.7. The summed E-state index contributed by atoms with van der Waals surface area (Å²) in [5.74, 6) is 0.774. The third kappa shape index (κ3) is 2.31. The number of para-hydroxylation sites is 2. The number of nitrogens with one attached hydrogen (secondary N) is 3. The Balaban J connectivity index is 1.62. The van der Waals surface area contributed by atoms with Crippen LogP contribution in [-0.4, -0.2) is 25.1 Å². The van der Waals surface area contributed by atoms with E-state index in [9.17, 15) is 0 Å². The summed E-state index contributed by atoms with van der Waals surface area (Å²) in [5.41, 5.74) is 4.87. The number of fused-ring (bicyclic) bond motifs is 1. The predicted molar refractivity (Wildman–Crippen MR) is 85.2 cm³/mol. The lowest BCUT2D eigenvalue weighted by Gasteiger charge is -2.05. The number of H-pyrrole nitrogens is 2. The second-order valence-electron chi connectivity index (χ2n) is 4.97. The lowest BCUT2D eigenvalue weighted by Crippen LogP contribution is -2.00. The van der Waals surface area contributed by atoms with Crippen molar-refractivity contribution in [2.45, 2.75) is 6.54 Å². The highest BCUT2D eigenvalue weighted by atomic mass is 15.2. The molecular formula is C16H14N6. The van der Waals surface area contributed by atoms with E-state index in [2.05, 4.69) is 30.5 Å². The normalized spacial score (nSPS) is 10.9. The molecule has 0 aliphatic rings. The first-order chi connectivity index (χ1) is 10.9. The minimum absolute atomic E-state index is 0.704. The third-order valence-electron chi connectivity index (χ3n) is 3.50. The van der Waals surface area contributed by atoms with Crippen molar-refractivity contribution in [3.8, 4) is 11.5 Å². The number of benzene rings is 1. The van der Waals surface area contributed by atoms with Gasteiger partial charge in [-0.3, -0.25) is 10.1 Å². The molecule has 0 saturated carbocycles. The molecule has 6 nitrogen and oxygen atoms in total. The average molecular weight is 290 g/mol. The van der Waals surface area contributed by atoms with Crippen LogP contribution in [-0.2, 0) is 6.54 Å². The van der Waals surface area contributed by atoms with Gasteiger partial charge in [-0.15, -0.1) is 0 Å². The molecule has 108 valence electrons. The number of hydrogen-bond donors (Lipinski definition) is 3. The zero-order chi connectivity index (χ0) is 14.8. The molecule has 0 aliphatic heterocycles. The Morgan fingerprint density at radius 3 is 2.77 bits per heavy atom. The first-order valence-corrected chi connectivity index (χ1v) is 7.01. The average Bonchev–Trinajstić information content (AvgIpc) is 3.20.